The number of aromatic nitrogens is 1. The van der Waals surface area contributed by atoms with Gasteiger partial charge in [-0.05, 0) is 11.6 Å². The molecule has 0 saturated carbocycles. The highest BCUT2D eigenvalue weighted by atomic mass is 35.5. The van der Waals surface area contributed by atoms with Crippen molar-refractivity contribution in [3.05, 3.63) is 11.1 Å². The fraction of sp³-hybridized carbons (Fsp3) is 0.250. The Kier molecular flexibility index (Phi) is 7.25. The van der Waals surface area contributed by atoms with Crippen LogP contribution in [0.3, 0.4) is 0 Å². The first kappa shape index (κ1) is 16.6. The second-order valence-electron chi connectivity index (χ2n) is 2.63. The van der Waals surface area contributed by atoms with Crippen molar-refractivity contribution in [1.29, 1.82) is 0 Å². The number of hydrogen-bond acceptors (Lipinski definition) is 8. The van der Waals surface area contributed by atoms with Crippen LogP contribution < -0.4 is 5.73 Å². The third-order valence-electron chi connectivity index (χ3n) is 1.52. The summed E-state index contributed by atoms with van der Waals surface area (Å²) in [5.41, 5.74) is 5.37. The summed E-state index contributed by atoms with van der Waals surface area (Å²) in [7, 11) is 1.20. The molecule has 0 unspecified atom stereocenters. The minimum absolute atomic E-state index is 0. The lowest BCUT2D eigenvalue weighted by atomic mass is 10.3. The molecule has 0 aliphatic heterocycles. The average molecular weight is 314 g/mol. The molecule has 0 fully saturated rings. The van der Waals surface area contributed by atoms with E-state index in [1.807, 2.05) is 0 Å². The maximum Gasteiger partial charge on any atom is 0.346 e. The molecule has 18 heavy (non-hydrogen) atoms. The van der Waals surface area contributed by atoms with E-state index in [2.05, 4.69) is 19.7 Å². The predicted octanol–water partition coefficient (Wildman–Crippen LogP) is 0.806. The fourth-order valence-electron chi connectivity index (χ4n) is 0.788. The molecule has 2 N–H and O–H groups in total. The number of methoxy groups -OCH3 is 1. The summed E-state index contributed by atoms with van der Waals surface area (Å²) in [6, 6.07) is 0. The summed E-state index contributed by atoms with van der Waals surface area (Å²) >= 11 is 6.42. The summed E-state index contributed by atoms with van der Waals surface area (Å²) in [5, 5.41) is 4.32. The number of hydrogen-bond donors (Lipinski definition) is 1. The maximum absolute atomic E-state index is 11.1. The first-order chi connectivity index (χ1) is 8.04. The molecule has 1 heterocycles. The molecule has 0 atom stereocenters. The van der Waals surface area contributed by atoms with E-state index in [1.165, 1.54) is 12.5 Å². The van der Waals surface area contributed by atoms with Gasteiger partial charge in [-0.1, -0.05) is 5.16 Å². The highest BCUT2D eigenvalue weighted by Crippen LogP contribution is 2.13. The molecule has 7 nitrogen and oxygen atoms in total. The molecule has 0 saturated heterocycles. The van der Waals surface area contributed by atoms with Crippen LogP contribution in [0.25, 0.3) is 0 Å². The van der Waals surface area contributed by atoms with Crippen LogP contribution in [0.2, 0.25) is 0 Å². The highest BCUT2D eigenvalue weighted by Gasteiger charge is 2.16. The zero-order chi connectivity index (χ0) is 12.8. The average Bonchev–Trinajstić information content (AvgIpc) is 2.70. The van der Waals surface area contributed by atoms with Gasteiger partial charge in [-0.15, -0.1) is 23.7 Å². The van der Waals surface area contributed by atoms with E-state index in [4.69, 9.17) is 17.3 Å². The second-order valence-corrected chi connectivity index (χ2v) is 3.87. The molecule has 0 radical (unpaired) electrons. The highest BCUT2D eigenvalue weighted by molar-refractivity contribution is 7.13. The van der Waals surface area contributed by atoms with Gasteiger partial charge in [-0.2, -0.15) is 0 Å². The Morgan fingerprint density at radius 2 is 2.28 bits per heavy atom. The number of nitrogens with zero attached hydrogens (tertiary/aromatic N) is 2. The van der Waals surface area contributed by atoms with Crippen molar-refractivity contribution in [2.24, 2.45) is 5.16 Å². The van der Waals surface area contributed by atoms with E-state index in [1.54, 1.807) is 0 Å². The Labute approximate surface area is 117 Å². The van der Waals surface area contributed by atoms with Gasteiger partial charge in [0.25, 0.3) is 5.24 Å². The quantitative estimate of drug-likeness (QED) is 0.373. The normalized spacial score (nSPS) is 10.4. The number of oxime groups is 1. The Bertz CT molecular complexity index is 463. The van der Waals surface area contributed by atoms with E-state index in [9.17, 15) is 9.59 Å². The maximum atomic E-state index is 11.1. The van der Waals surface area contributed by atoms with Gasteiger partial charge in [0, 0.05) is 5.38 Å². The number of ether oxygens (including phenoxy) is 1. The summed E-state index contributed by atoms with van der Waals surface area (Å²) in [6.45, 7) is -0.427. The van der Waals surface area contributed by atoms with Gasteiger partial charge in [0.2, 0.25) is 6.61 Å². The third kappa shape index (κ3) is 4.86. The Balaban J connectivity index is 0.00000289. The van der Waals surface area contributed by atoms with Crippen LogP contribution in [0, 0.1) is 0 Å². The number of carbonyl (C=O) groups is 2. The first-order valence-corrected chi connectivity index (χ1v) is 5.48. The van der Waals surface area contributed by atoms with Gasteiger partial charge in [0.05, 0.1) is 7.11 Å². The van der Waals surface area contributed by atoms with Gasteiger partial charge < -0.3 is 15.3 Å². The van der Waals surface area contributed by atoms with Gasteiger partial charge in [-0.25, -0.2) is 9.78 Å². The standard InChI is InChI=1S/C8H8ClN3O4S.ClH/c1-15-5(13)2-16-12-6(7(9)14)4-3-17-8(10)11-4;/h3H,2H2,1H3,(H2,10,11);1H. The lowest BCUT2D eigenvalue weighted by molar-refractivity contribution is -0.145. The van der Waals surface area contributed by atoms with Gasteiger partial charge in [-0.3, -0.25) is 4.79 Å². The number of nitrogen functional groups attached to an aromatic ring is 1. The molecule has 0 aromatic carbocycles. The van der Waals surface area contributed by atoms with Crippen LogP contribution in [-0.2, 0) is 19.2 Å². The van der Waals surface area contributed by atoms with Gasteiger partial charge in [0.1, 0.15) is 5.69 Å². The molecule has 10 heteroatoms. The number of carbonyl (C=O) groups excluding carboxylic acids is 2. The fourth-order valence-corrected chi connectivity index (χ4v) is 1.47. The van der Waals surface area contributed by atoms with Gasteiger partial charge in [0.15, 0.2) is 10.8 Å². The van der Waals surface area contributed by atoms with Crippen molar-refractivity contribution < 1.29 is 19.2 Å². The van der Waals surface area contributed by atoms with Crippen LogP contribution in [0.4, 0.5) is 5.13 Å². The van der Waals surface area contributed by atoms with Crippen LogP contribution in [0.1, 0.15) is 5.69 Å². The lowest BCUT2D eigenvalue weighted by Gasteiger charge is -1.99. The summed E-state index contributed by atoms with van der Waals surface area (Å²) in [4.78, 5) is 30.2. The summed E-state index contributed by atoms with van der Waals surface area (Å²) in [5.74, 6) is -0.632. The number of rotatable bonds is 5. The molecule has 1 aromatic rings. The molecule has 0 aliphatic carbocycles. The Morgan fingerprint density at radius 1 is 1.61 bits per heavy atom. The molecule has 100 valence electrons. The Hall–Kier alpha value is -1.38. The number of nitrogens with two attached hydrogens (primary N) is 1. The van der Waals surface area contributed by atoms with Crippen LogP contribution in [0.5, 0.6) is 0 Å². The molecular weight excluding hydrogens is 305 g/mol. The zero-order valence-electron chi connectivity index (χ0n) is 9.08. The smallest absolute Gasteiger partial charge is 0.346 e. The molecule has 0 spiro atoms. The van der Waals surface area contributed by atoms with E-state index in [0.717, 1.165) is 11.3 Å². The Morgan fingerprint density at radius 3 is 2.72 bits per heavy atom. The first-order valence-electron chi connectivity index (χ1n) is 4.22. The molecule has 0 aliphatic rings. The number of esters is 1. The zero-order valence-corrected chi connectivity index (χ0v) is 11.5. The second kappa shape index (κ2) is 7.85. The van der Waals surface area contributed by atoms with Crippen molar-refractivity contribution in [2.45, 2.75) is 0 Å². The molecule has 1 aromatic heterocycles. The third-order valence-corrected chi connectivity index (χ3v) is 2.37. The van der Waals surface area contributed by atoms with Crippen molar-refractivity contribution in [3.63, 3.8) is 0 Å². The molecule has 0 amide bonds. The minimum atomic E-state index is -0.861. The SMILES string of the molecule is COC(=O)CON=C(C(=O)Cl)c1csc(N)n1.Cl. The number of anilines is 1. The van der Waals surface area contributed by atoms with Crippen LogP contribution in [0.15, 0.2) is 10.5 Å². The van der Waals surface area contributed by atoms with Crippen molar-refractivity contribution in [1.82, 2.24) is 4.98 Å². The summed E-state index contributed by atoms with van der Waals surface area (Å²) < 4.78 is 4.32. The van der Waals surface area contributed by atoms with E-state index in [0.29, 0.717) is 0 Å². The van der Waals surface area contributed by atoms with E-state index in [-0.39, 0.29) is 28.9 Å². The van der Waals surface area contributed by atoms with E-state index >= 15 is 0 Å². The van der Waals surface area contributed by atoms with E-state index < -0.39 is 17.8 Å². The van der Waals surface area contributed by atoms with Crippen LogP contribution >= 0.6 is 35.3 Å². The van der Waals surface area contributed by atoms with Crippen LogP contribution in [-0.4, -0.2) is 35.6 Å². The summed E-state index contributed by atoms with van der Waals surface area (Å²) in [6.07, 6.45) is 0. The number of thiazole rings is 1. The largest absolute Gasteiger partial charge is 0.466 e. The monoisotopic (exact) mass is 313 g/mol. The molecule has 1 rings (SSSR count). The number of halogens is 2. The van der Waals surface area contributed by atoms with Crippen molar-refractivity contribution >= 4 is 57.4 Å². The minimum Gasteiger partial charge on any atom is -0.466 e. The van der Waals surface area contributed by atoms with Crippen molar-refractivity contribution in [3.8, 4) is 0 Å². The van der Waals surface area contributed by atoms with Gasteiger partial charge >= 0.3 is 5.97 Å². The topological polar surface area (TPSA) is 104 Å². The lowest BCUT2D eigenvalue weighted by Crippen LogP contribution is -2.13. The molecule has 0 bridgehead atoms. The van der Waals surface area contributed by atoms with Crippen molar-refractivity contribution in [2.75, 3.05) is 19.5 Å². The molecular formula is C8H9Cl2N3O4S. The predicted molar refractivity (Wildman–Crippen MR) is 69.1 cm³/mol.